The van der Waals surface area contributed by atoms with Crippen molar-refractivity contribution >= 4 is 0 Å². The van der Waals surface area contributed by atoms with Crippen LogP contribution in [0.15, 0.2) is 24.3 Å². The van der Waals surface area contributed by atoms with Crippen LogP contribution in [-0.2, 0) is 12.0 Å². The van der Waals surface area contributed by atoms with E-state index in [9.17, 15) is 5.11 Å². The van der Waals surface area contributed by atoms with Crippen LogP contribution < -0.4 is 0 Å². The maximum atomic E-state index is 11.0. The van der Waals surface area contributed by atoms with Gasteiger partial charge >= 0.3 is 0 Å². The van der Waals surface area contributed by atoms with E-state index in [1.165, 1.54) is 24.9 Å². The van der Waals surface area contributed by atoms with E-state index in [-0.39, 0.29) is 0 Å². The maximum Gasteiger partial charge on any atom is 0.0923 e. The van der Waals surface area contributed by atoms with Crippen LogP contribution in [0.2, 0.25) is 0 Å². The minimum atomic E-state index is -0.587. The van der Waals surface area contributed by atoms with Crippen molar-refractivity contribution in [3.8, 4) is 0 Å². The fourth-order valence-corrected chi connectivity index (χ4v) is 3.58. The largest absolute Gasteiger partial charge is 0.385 e. The zero-order chi connectivity index (χ0) is 12.6. The molecular formula is C16H23NO. The molecule has 0 amide bonds. The van der Waals surface area contributed by atoms with E-state index in [2.05, 4.69) is 36.1 Å². The van der Waals surface area contributed by atoms with E-state index in [4.69, 9.17) is 0 Å². The molecule has 2 heterocycles. The summed E-state index contributed by atoms with van der Waals surface area (Å²) < 4.78 is 0. The van der Waals surface area contributed by atoms with Crippen molar-refractivity contribution in [1.29, 1.82) is 0 Å². The van der Waals surface area contributed by atoms with E-state index < -0.39 is 5.60 Å². The molecule has 2 aliphatic heterocycles. The van der Waals surface area contributed by atoms with Gasteiger partial charge < -0.3 is 10.0 Å². The predicted molar refractivity (Wildman–Crippen MR) is 73.5 cm³/mol. The van der Waals surface area contributed by atoms with Crippen LogP contribution in [0.25, 0.3) is 0 Å². The zero-order valence-electron chi connectivity index (χ0n) is 11.2. The van der Waals surface area contributed by atoms with Crippen LogP contribution in [0.4, 0.5) is 0 Å². The van der Waals surface area contributed by atoms with E-state index in [0.29, 0.717) is 6.04 Å². The Balaban J connectivity index is 1.85. The van der Waals surface area contributed by atoms with Gasteiger partial charge in [-0.3, -0.25) is 0 Å². The van der Waals surface area contributed by atoms with E-state index in [0.717, 1.165) is 31.4 Å². The summed E-state index contributed by atoms with van der Waals surface area (Å²) in [6.07, 6.45) is 5.40. The van der Waals surface area contributed by atoms with Gasteiger partial charge in [-0.15, -0.1) is 0 Å². The monoisotopic (exact) mass is 245 g/mol. The number of hydrogen-bond acceptors (Lipinski definition) is 2. The lowest BCUT2D eigenvalue weighted by Gasteiger charge is -2.41. The first-order chi connectivity index (χ1) is 8.71. The molecule has 2 nitrogen and oxygen atoms in total. The topological polar surface area (TPSA) is 23.5 Å². The second kappa shape index (κ2) is 4.67. The summed E-state index contributed by atoms with van der Waals surface area (Å²) in [4.78, 5) is 2.55. The first-order valence-electron chi connectivity index (χ1n) is 7.27. The van der Waals surface area contributed by atoms with Gasteiger partial charge in [0.15, 0.2) is 0 Å². The smallest absolute Gasteiger partial charge is 0.0923 e. The molecule has 2 unspecified atom stereocenters. The van der Waals surface area contributed by atoms with Gasteiger partial charge in [0.1, 0.15) is 0 Å². The number of piperidine rings is 1. The fourth-order valence-electron chi connectivity index (χ4n) is 3.58. The number of hydrogen-bond donors (Lipinski definition) is 1. The SMILES string of the molecule is CCc1cccc(C2(O)CCN3CCCC3C2)c1. The molecule has 2 heteroatoms. The Bertz CT molecular complexity index is 431. The van der Waals surface area contributed by atoms with Gasteiger partial charge in [-0.25, -0.2) is 0 Å². The summed E-state index contributed by atoms with van der Waals surface area (Å²) in [6.45, 7) is 4.45. The fraction of sp³-hybridized carbons (Fsp3) is 0.625. The molecule has 0 bridgehead atoms. The molecular weight excluding hydrogens is 222 g/mol. The molecule has 2 atom stereocenters. The summed E-state index contributed by atoms with van der Waals surface area (Å²) in [5, 5.41) is 11.0. The van der Waals surface area contributed by atoms with Crippen LogP contribution in [0.1, 0.15) is 43.7 Å². The Morgan fingerprint density at radius 3 is 3.11 bits per heavy atom. The third-order valence-corrected chi connectivity index (χ3v) is 4.76. The third-order valence-electron chi connectivity index (χ3n) is 4.76. The Morgan fingerprint density at radius 1 is 1.39 bits per heavy atom. The van der Waals surface area contributed by atoms with Crippen LogP contribution in [0, 0.1) is 0 Å². The molecule has 98 valence electrons. The Kier molecular flexibility index (Phi) is 3.16. The van der Waals surface area contributed by atoms with Crippen molar-refractivity contribution in [3.05, 3.63) is 35.4 Å². The summed E-state index contributed by atoms with van der Waals surface area (Å²) in [6, 6.07) is 9.15. The van der Waals surface area contributed by atoms with Gasteiger partial charge in [-0.1, -0.05) is 31.2 Å². The van der Waals surface area contributed by atoms with Gasteiger partial charge in [-0.2, -0.15) is 0 Å². The lowest BCUT2D eigenvalue weighted by Crippen LogP contribution is -2.46. The number of benzene rings is 1. The Hall–Kier alpha value is -0.860. The quantitative estimate of drug-likeness (QED) is 0.866. The van der Waals surface area contributed by atoms with Gasteiger partial charge in [0.05, 0.1) is 5.60 Å². The molecule has 3 rings (SSSR count). The molecule has 2 aliphatic rings. The van der Waals surface area contributed by atoms with E-state index >= 15 is 0 Å². The third kappa shape index (κ3) is 2.08. The highest BCUT2D eigenvalue weighted by atomic mass is 16.3. The standard InChI is InChI=1S/C16H23NO/c1-2-13-5-3-6-14(11-13)16(18)8-10-17-9-4-7-15(17)12-16/h3,5-6,11,15,18H,2,4,7-10,12H2,1H3. The van der Waals surface area contributed by atoms with Crippen molar-refractivity contribution < 1.29 is 5.11 Å². The van der Waals surface area contributed by atoms with Crippen LogP contribution in [-0.4, -0.2) is 29.1 Å². The molecule has 0 spiro atoms. The van der Waals surface area contributed by atoms with E-state index in [1.54, 1.807) is 0 Å². The lowest BCUT2D eigenvalue weighted by atomic mass is 9.80. The minimum Gasteiger partial charge on any atom is -0.385 e. The number of aryl methyl sites for hydroxylation is 1. The number of nitrogens with zero attached hydrogens (tertiary/aromatic N) is 1. The number of rotatable bonds is 2. The van der Waals surface area contributed by atoms with Crippen LogP contribution in [0.5, 0.6) is 0 Å². The molecule has 2 saturated heterocycles. The molecule has 0 saturated carbocycles. The van der Waals surface area contributed by atoms with Crippen LogP contribution >= 0.6 is 0 Å². The Labute approximate surface area is 110 Å². The normalized spacial score (nSPS) is 32.4. The highest BCUT2D eigenvalue weighted by Crippen LogP contribution is 2.39. The van der Waals surface area contributed by atoms with Crippen molar-refractivity contribution in [1.82, 2.24) is 4.90 Å². The predicted octanol–water partition coefficient (Wildman–Crippen LogP) is 2.69. The second-order valence-electron chi connectivity index (χ2n) is 5.87. The highest BCUT2D eigenvalue weighted by Gasteiger charge is 2.41. The van der Waals surface area contributed by atoms with Gasteiger partial charge in [0.25, 0.3) is 0 Å². The molecule has 1 aromatic carbocycles. The Morgan fingerprint density at radius 2 is 2.28 bits per heavy atom. The zero-order valence-corrected chi connectivity index (χ0v) is 11.2. The molecule has 0 radical (unpaired) electrons. The van der Waals surface area contributed by atoms with Gasteiger partial charge in [-0.05, 0) is 49.8 Å². The van der Waals surface area contributed by atoms with Crippen molar-refractivity contribution in [2.45, 2.75) is 50.7 Å². The first-order valence-corrected chi connectivity index (χ1v) is 7.27. The average Bonchev–Trinajstić information content (AvgIpc) is 2.86. The minimum absolute atomic E-state index is 0.587. The van der Waals surface area contributed by atoms with Crippen molar-refractivity contribution in [2.75, 3.05) is 13.1 Å². The molecule has 1 N–H and O–H groups in total. The summed E-state index contributed by atoms with van der Waals surface area (Å²) >= 11 is 0. The first kappa shape index (κ1) is 12.2. The maximum absolute atomic E-state index is 11.0. The average molecular weight is 245 g/mol. The molecule has 18 heavy (non-hydrogen) atoms. The lowest BCUT2D eigenvalue weighted by molar-refractivity contribution is -0.0409. The molecule has 0 aromatic heterocycles. The molecule has 0 aliphatic carbocycles. The van der Waals surface area contributed by atoms with Crippen LogP contribution in [0.3, 0.4) is 0 Å². The number of aliphatic hydroxyl groups is 1. The summed E-state index contributed by atoms with van der Waals surface area (Å²) in [5.74, 6) is 0. The van der Waals surface area contributed by atoms with E-state index in [1.807, 2.05) is 0 Å². The van der Waals surface area contributed by atoms with Gasteiger partial charge in [0.2, 0.25) is 0 Å². The van der Waals surface area contributed by atoms with Gasteiger partial charge in [0, 0.05) is 12.6 Å². The summed E-state index contributed by atoms with van der Waals surface area (Å²) in [7, 11) is 0. The second-order valence-corrected chi connectivity index (χ2v) is 5.87. The van der Waals surface area contributed by atoms with Crippen molar-refractivity contribution in [3.63, 3.8) is 0 Å². The number of fused-ring (bicyclic) bond motifs is 1. The highest BCUT2D eigenvalue weighted by molar-refractivity contribution is 5.29. The molecule has 1 aromatic rings. The molecule has 2 fully saturated rings. The van der Waals surface area contributed by atoms with Crippen molar-refractivity contribution in [2.24, 2.45) is 0 Å². The summed E-state index contributed by atoms with van der Waals surface area (Å²) in [5.41, 5.74) is 1.87.